The van der Waals surface area contributed by atoms with E-state index in [1.165, 1.54) is 23.9 Å². The van der Waals surface area contributed by atoms with E-state index < -0.39 is 11.9 Å². The number of hydrogen-bond donors (Lipinski definition) is 2. The predicted molar refractivity (Wildman–Crippen MR) is 148 cm³/mol. The Morgan fingerprint density at radius 3 is 1.89 bits per heavy atom. The lowest BCUT2D eigenvalue weighted by molar-refractivity contribution is 0.0692. The van der Waals surface area contributed by atoms with Crippen LogP contribution in [0.25, 0.3) is 21.8 Å². The average Bonchev–Trinajstić information content (AvgIpc) is 3.26. The highest BCUT2D eigenvalue weighted by Gasteiger charge is 2.24. The molecule has 5 aromatic rings. The van der Waals surface area contributed by atoms with Crippen LogP contribution in [0.15, 0.2) is 102 Å². The summed E-state index contributed by atoms with van der Waals surface area (Å²) in [5, 5.41) is 13.9. The molecule has 1 atom stereocenters. The van der Waals surface area contributed by atoms with Crippen LogP contribution >= 0.6 is 11.8 Å². The molecule has 1 unspecified atom stereocenters. The predicted octanol–water partition coefficient (Wildman–Crippen LogP) is 6.96. The van der Waals surface area contributed by atoms with Crippen LogP contribution in [0, 0.1) is 0 Å². The van der Waals surface area contributed by atoms with Crippen LogP contribution in [0.2, 0.25) is 0 Å². The molecule has 0 aliphatic heterocycles. The van der Waals surface area contributed by atoms with Gasteiger partial charge < -0.3 is 10.4 Å². The van der Waals surface area contributed by atoms with Crippen LogP contribution in [0.5, 0.6) is 0 Å². The molecular formula is C30H24N2O4S. The van der Waals surface area contributed by atoms with Crippen molar-refractivity contribution in [2.75, 3.05) is 5.32 Å². The molecule has 0 saturated carbocycles. The summed E-state index contributed by atoms with van der Waals surface area (Å²) in [6, 6.07) is 29.2. The fraction of sp³-hybridized carbons (Fsp3) is 0.100. The largest absolute Gasteiger partial charge is 0.478 e. The molecular weight excluding hydrogens is 484 g/mol. The zero-order valence-electron chi connectivity index (χ0n) is 20.0. The molecule has 5 rings (SSSR count). The zero-order chi connectivity index (χ0) is 25.9. The van der Waals surface area contributed by atoms with E-state index in [0.717, 1.165) is 26.7 Å². The maximum Gasteiger partial charge on any atom is 0.336 e. The van der Waals surface area contributed by atoms with Gasteiger partial charge in [-0.1, -0.05) is 55.5 Å². The molecule has 6 nitrogen and oxygen atoms in total. The van der Waals surface area contributed by atoms with Gasteiger partial charge in [0.15, 0.2) is 0 Å². The summed E-state index contributed by atoms with van der Waals surface area (Å²) in [5.74, 6) is -1.63. The van der Waals surface area contributed by atoms with Crippen molar-refractivity contribution in [1.82, 2.24) is 4.57 Å². The highest BCUT2D eigenvalue weighted by molar-refractivity contribution is 8.00. The van der Waals surface area contributed by atoms with Crippen molar-refractivity contribution in [3.63, 3.8) is 0 Å². The Kier molecular flexibility index (Phi) is 6.79. The molecule has 0 spiro atoms. The molecule has 37 heavy (non-hydrogen) atoms. The summed E-state index contributed by atoms with van der Waals surface area (Å²) in [6.07, 6.45) is 0.648. The van der Waals surface area contributed by atoms with Crippen molar-refractivity contribution in [1.29, 1.82) is 0 Å². The number of carbonyl (C=O) groups is 3. The molecule has 1 heterocycles. The minimum Gasteiger partial charge on any atom is -0.478 e. The van der Waals surface area contributed by atoms with Crippen LogP contribution in [0.1, 0.15) is 38.9 Å². The Labute approximate surface area is 217 Å². The van der Waals surface area contributed by atoms with E-state index in [-0.39, 0.29) is 22.3 Å². The van der Waals surface area contributed by atoms with Crippen molar-refractivity contribution >= 4 is 57.0 Å². The van der Waals surface area contributed by atoms with Gasteiger partial charge in [0.1, 0.15) is 0 Å². The molecule has 1 amide bonds. The lowest BCUT2D eigenvalue weighted by Gasteiger charge is -2.16. The first-order valence-electron chi connectivity index (χ1n) is 11.9. The molecule has 0 saturated heterocycles. The number of amides is 1. The van der Waals surface area contributed by atoms with E-state index in [2.05, 4.69) is 5.32 Å². The zero-order valence-corrected chi connectivity index (χ0v) is 20.9. The van der Waals surface area contributed by atoms with Crippen molar-refractivity contribution in [2.45, 2.75) is 23.5 Å². The summed E-state index contributed by atoms with van der Waals surface area (Å²) < 4.78 is 1.82. The first-order chi connectivity index (χ1) is 18.0. The number of aromatic carboxylic acids is 1. The minimum atomic E-state index is -1.16. The lowest BCUT2D eigenvalue weighted by atomic mass is 10.1. The second kappa shape index (κ2) is 10.3. The van der Waals surface area contributed by atoms with E-state index in [1.54, 1.807) is 24.3 Å². The van der Waals surface area contributed by atoms with Gasteiger partial charge in [-0.2, -0.15) is 0 Å². The highest BCUT2D eigenvalue weighted by atomic mass is 32.2. The van der Waals surface area contributed by atoms with Crippen LogP contribution < -0.4 is 5.32 Å². The number of carboxylic acids is 1. The van der Waals surface area contributed by atoms with E-state index >= 15 is 0 Å². The number of carboxylic acid groups (broad SMARTS) is 1. The van der Waals surface area contributed by atoms with Crippen molar-refractivity contribution in [3.8, 4) is 0 Å². The third kappa shape index (κ3) is 4.73. The average molecular weight is 509 g/mol. The molecule has 0 aliphatic rings. The molecule has 0 aliphatic carbocycles. The number of nitrogens with one attached hydrogen (secondary N) is 1. The van der Waals surface area contributed by atoms with Gasteiger partial charge in [0.25, 0.3) is 5.91 Å². The van der Waals surface area contributed by atoms with E-state index in [4.69, 9.17) is 0 Å². The van der Waals surface area contributed by atoms with Gasteiger partial charge in [-0.15, -0.1) is 11.8 Å². The quantitative estimate of drug-likeness (QED) is 0.232. The number of aromatic nitrogens is 1. The molecule has 4 aromatic carbocycles. The topological polar surface area (TPSA) is 88.4 Å². The van der Waals surface area contributed by atoms with Crippen LogP contribution in [-0.4, -0.2) is 32.7 Å². The number of rotatable bonds is 7. The standard InChI is InChI=1S/C30H24N2O4S/c1-2-27(29(34)32-25-13-7-5-9-21(25)22-10-6-8-14-26(22)32)37-20-17-15-19(16-18-20)31-28(33)23-11-3-4-12-24(23)30(35)36/h3-18,27H,2H2,1H3,(H,31,33)(H,35,36). The number of thioether (sulfide) groups is 1. The number of nitrogens with zero attached hydrogens (tertiary/aromatic N) is 1. The number of benzene rings is 4. The normalized spacial score (nSPS) is 11.9. The summed E-state index contributed by atoms with van der Waals surface area (Å²) in [4.78, 5) is 38.7. The lowest BCUT2D eigenvalue weighted by Crippen LogP contribution is -2.23. The van der Waals surface area contributed by atoms with Crippen molar-refractivity contribution < 1.29 is 19.5 Å². The van der Waals surface area contributed by atoms with Gasteiger partial charge in [0.05, 0.1) is 27.4 Å². The third-order valence-corrected chi connectivity index (χ3v) is 7.60. The van der Waals surface area contributed by atoms with E-state index in [1.807, 2.05) is 72.2 Å². The highest BCUT2D eigenvalue weighted by Crippen LogP contribution is 2.33. The molecule has 0 fully saturated rings. The third-order valence-electron chi connectivity index (χ3n) is 6.24. The second-order valence-electron chi connectivity index (χ2n) is 8.55. The Hall–Kier alpha value is -4.36. The summed E-state index contributed by atoms with van der Waals surface area (Å²) in [7, 11) is 0. The number of carbonyl (C=O) groups excluding carboxylic acids is 2. The maximum atomic E-state index is 13.8. The first-order valence-corrected chi connectivity index (χ1v) is 12.8. The smallest absolute Gasteiger partial charge is 0.336 e. The van der Waals surface area contributed by atoms with E-state index in [0.29, 0.717) is 12.1 Å². The van der Waals surface area contributed by atoms with E-state index in [9.17, 15) is 19.5 Å². The number of para-hydroxylation sites is 2. The van der Waals surface area contributed by atoms with Crippen molar-refractivity contribution in [3.05, 3.63) is 108 Å². The molecule has 1 aromatic heterocycles. The van der Waals surface area contributed by atoms with Gasteiger partial charge in [-0.05, 0) is 55.0 Å². The number of hydrogen-bond acceptors (Lipinski definition) is 4. The molecule has 184 valence electrons. The fourth-order valence-corrected chi connectivity index (χ4v) is 5.45. The first kappa shape index (κ1) is 24.3. The van der Waals surface area contributed by atoms with Crippen LogP contribution in [0.4, 0.5) is 5.69 Å². The van der Waals surface area contributed by atoms with Crippen molar-refractivity contribution in [2.24, 2.45) is 0 Å². The monoisotopic (exact) mass is 508 g/mol. The summed E-state index contributed by atoms with van der Waals surface area (Å²) in [5.41, 5.74) is 2.37. The second-order valence-corrected chi connectivity index (χ2v) is 9.83. The van der Waals surface area contributed by atoms with Gasteiger partial charge in [-0.25, -0.2) is 4.79 Å². The van der Waals surface area contributed by atoms with Gasteiger partial charge in [0, 0.05) is 21.4 Å². The maximum absolute atomic E-state index is 13.8. The summed E-state index contributed by atoms with van der Waals surface area (Å²) in [6.45, 7) is 2.00. The summed E-state index contributed by atoms with van der Waals surface area (Å²) >= 11 is 1.48. The molecule has 0 radical (unpaired) electrons. The van der Waals surface area contributed by atoms with Gasteiger partial charge in [-0.3, -0.25) is 14.2 Å². The van der Waals surface area contributed by atoms with Crippen LogP contribution in [0.3, 0.4) is 0 Å². The van der Waals surface area contributed by atoms with Crippen LogP contribution in [-0.2, 0) is 0 Å². The Balaban J connectivity index is 1.36. The SMILES string of the molecule is CCC(Sc1ccc(NC(=O)c2ccccc2C(=O)O)cc1)C(=O)n1c2ccccc2c2ccccc21. The molecule has 2 N–H and O–H groups in total. The molecule has 0 bridgehead atoms. The Morgan fingerprint density at radius 1 is 0.784 bits per heavy atom. The number of fused-ring (bicyclic) bond motifs is 3. The van der Waals surface area contributed by atoms with Gasteiger partial charge in [0.2, 0.25) is 5.91 Å². The molecule has 7 heteroatoms. The Morgan fingerprint density at radius 2 is 1.32 bits per heavy atom. The Bertz CT molecular complexity index is 1590. The number of anilines is 1. The fourth-order valence-electron chi connectivity index (χ4n) is 4.46. The minimum absolute atomic E-state index is 0.0209. The van der Waals surface area contributed by atoms with Gasteiger partial charge >= 0.3 is 5.97 Å².